The summed E-state index contributed by atoms with van der Waals surface area (Å²) in [7, 11) is 0. The summed E-state index contributed by atoms with van der Waals surface area (Å²) in [6.07, 6.45) is 1.44. The molecule has 2 aromatic heterocycles. The highest BCUT2D eigenvalue weighted by atomic mass is 16.2. The molecule has 1 saturated heterocycles. The summed E-state index contributed by atoms with van der Waals surface area (Å²) in [4.78, 5) is 51.8. The van der Waals surface area contributed by atoms with Crippen molar-refractivity contribution in [2.45, 2.75) is 26.9 Å². The highest BCUT2D eigenvalue weighted by Gasteiger charge is 2.23. The molecular formula is C22H26N6O3. The lowest BCUT2D eigenvalue weighted by molar-refractivity contribution is -0.133. The molecule has 0 bridgehead atoms. The van der Waals surface area contributed by atoms with Crippen LogP contribution in [0.25, 0.3) is 22.4 Å². The van der Waals surface area contributed by atoms with Crippen LogP contribution in [0.4, 0.5) is 0 Å². The van der Waals surface area contributed by atoms with Gasteiger partial charge >= 0.3 is 5.69 Å². The first kappa shape index (κ1) is 20.9. The van der Waals surface area contributed by atoms with Crippen LogP contribution in [-0.2, 0) is 17.9 Å². The Balaban J connectivity index is 1.71. The van der Waals surface area contributed by atoms with Crippen LogP contribution in [-0.4, -0.2) is 67.5 Å². The normalized spacial score (nSPS) is 14.8. The Morgan fingerprint density at radius 1 is 0.968 bits per heavy atom. The van der Waals surface area contributed by atoms with Crippen molar-refractivity contribution in [3.05, 3.63) is 57.4 Å². The maximum absolute atomic E-state index is 13.1. The van der Waals surface area contributed by atoms with Crippen molar-refractivity contribution in [1.82, 2.24) is 28.9 Å². The second-order valence-electron chi connectivity index (χ2n) is 7.53. The fourth-order valence-corrected chi connectivity index (χ4v) is 3.90. The zero-order valence-corrected chi connectivity index (χ0v) is 17.8. The molecule has 0 radical (unpaired) electrons. The summed E-state index contributed by atoms with van der Waals surface area (Å²) in [5, 5.41) is 0.227. The van der Waals surface area contributed by atoms with E-state index in [2.05, 4.69) is 21.8 Å². The third kappa shape index (κ3) is 4.00. The minimum atomic E-state index is -0.537. The topological polar surface area (TPSA) is 93.3 Å². The van der Waals surface area contributed by atoms with E-state index < -0.39 is 11.2 Å². The van der Waals surface area contributed by atoms with Gasteiger partial charge in [0.15, 0.2) is 11.5 Å². The highest BCUT2D eigenvalue weighted by Crippen LogP contribution is 2.16. The van der Waals surface area contributed by atoms with Gasteiger partial charge in [-0.25, -0.2) is 14.8 Å². The Labute approximate surface area is 179 Å². The lowest BCUT2D eigenvalue weighted by atomic mass is 10.2. The van der Waals surface area contributed by atoms with E-state index in [9.17, 15) is 14.4 Å². The van der Waals surface area contributed by atoms with E-state index in [0.717, 1.165) is 29.8 Å². The number of benzene rings is 1. The molecule has 4 rings (SSSR count). The van der Waals surface area contributed by atoms with E-state index in [4.69, 9.17) is 0 Å². The van der Waals surface area contributed by atoms with Gasteiger partial charge in [-0.05, 0) is 13.5 Å². The summed E-state index contributed by atoms with van der Waals surface area (Å²) in [5.41, 5.74) is 0.0137. The van der Waals surface area contributed by atoms with Gasteiger partial charge in [-0.2, -0.15) is 0 Å². The Morgan fingerprint density at radius 3 is 2.32 bits per heavy atom. The molecular weight excluding hydrogens is 396 g/mol. The molecule has 0 N–H and O–H groups in total. The maximum atomic E-state index is 13.1. The average molecular weight is 422 g/mol. The predicted octanol–water partition coefficient (Wildman–Crippen LogP) is 0.804. The van der Waals surface area contributed by atoms with Crippen molar-refractivity contribution in [3.8, 4) is 11.4 Å². The Bertz CT molecular complexity index is 1210. The van der Waals surface area contributed by atoms with Crippen LogP contribution < -0.4 is 11.2 Å². The quantitative estimate of drug-likeness (QED) is 0.604. The fraction of sp³-hybridized carbons (Fsp3) is 0.409. The minimum Gasteiger partial charge on any atom is -0.339 e. The molecule has 31 heavy (non-hydrogen) atoms. The number of aryl methyl sites for hydroxylation is 1. The smallest absolute Gasteiger partial charge is 0.333 e. The van der Waals surface area contributed by atoms with Crippen molar-refractivity contribution in [3.63, 3.8) is 0 Å². The molecule has 0 atom stereocenters. The number of nitrogens with zero attached hydrogens (tertiary/aromatic N) is 6. The first-order valence-electron chi connectivity index (χ1n) is 10.6. The van der Waals surface area contributed by atoms with Gasteiger partial charge in [0.2, 0.25) is 5.91 Å². The lowest BCUT2D eigenvalue weighted by Crippen LogP contribution is -2.51. The van der Waals surface area contributed by atoms with Gasteiger partial charge in [0.1, 0.15) is 11.9 Å². The number of carbonyl (C=O) groups is 1. The molecule has 9 heteroatoms. The summed E-state index contributed by atoms with van der Waals surface area (Å²) in [5.74, 6) is 0.218. The Morgan fingerprint density at radius 2 is 1.68 bits per heavy atom. The molecule has 162 valence electrons. The summed E-state index contributed by atoms with van der Waals surface area (Å²) < 4.78 is 2.43. The summed E-state index contributed by atoms with van der Waals surface area (Å²) in [6, 6.07) is 9.38. The van der Waals surface area contributed by atoms with Crippen LogP contribution >= 0.6 is 0 Å². The first-order chi connectivity index (χ1) is 15.0. The number of aromatic nitrogens is 4. The third-order valence-corrected chi connectivity index (χ3v) is 5.78. The van der Waals surface area contributed by atoms with Crippen LogP contribution in [0.2, 0.25) is 0 Å². The van der Waals surface area contributed by atoms with E-state index in [1.165, 1.54) is 10.8 Å². The average Bonchev–Trinajstić information content (AvgIpc) is 2.82. The summed E-state index contributed by atoms with van der Waals surface area (Å²) in [6.45, 7) is 7.68. The fourth-order valence-electron chi connectivity index (χ4n) is 3.90. The first-order valence-corrected chi connectivity index (χ1v) is 10.6. The predicted molar refractivity (Wildman–Crippen MR) is 118 cm³/mol. The highest BCUT2D eigenvalue weighted by molar-refractivity contribution is 5.78. The van der Waals surface area contributed by atoms with Gasteiger partial charge in [-0.15, -0.1) is 0 Å². The Hall–Kier alpha value is -3.33. The molecule has 1 fully saturated rings. The van der Waals surface area contributed by atoms with E-state index >= 15 is 0 Å². The van der Waals surface area contributed by atoms with Crippen LogP contribution in [0.5, 0.6) is 0 Å². The van der Waals surface area contributed by atoms with Crippen molar-refractivity contribution < 1.29 is 4.79 Å². The standard InChI is InChI=1S/C22H26N6O3/c1-3-25-10-12-26(13-11-25)18(29)15-28-21(30)17-14-23-19(16-8-6-5-7-9-16)24-20(17)27(4-2)22(28)31/h5-9,14H,3-4,10-13,15H2,1-2H3. The van der Waals surface area contributed by atoms with Gasteiger partial charge in [-0.1, -0.05) is 37.3 Å². The van der Waals surface area contributed by atoms with Gasteiger partial charge in [-0.3, -0.25) is 18.7 Å². The largest absolute Gasteiger partial charge is 0.339 e. The molecule has 3 aromatic rings. The monoisotopic (exact) mass is 422 g/mol. The van der Waals surface area contributed by atoms with Crippen LogP contribution in [0.1, 0.15) is 13.8 Å². The van der Waals surface area contributed by atoms with Gasteiger partial charge < -0.3 is 9.80 Å². The number of piperazine rings is 1. The van der Waals surface area contributed by atoms with Crippen molar-refractivity contribution in [2.24, 2.45) is 0 Å². The maximum Gasteiger partial charge on any atom is 0.333 e. The number of rotatable bonds is 5. The van der Waals surface area contributed by atoms with Crippen LogP contribution in [0, 0.1) is 0 Å². The van der Waals surface area contributed by atoms with E-state index in [0.29, 0.717) is 25.5 Å². The molecule has 1 aromatic carbocycles. The molecule has 1 aliphatic rings. The van der Waals surface area contributed by atoms with Gasteiger partial charge in [0.05, 0.1) is 0 Å². The van der Waals surface area contributed by atoms with Gasteiger partial charge in [0.25, 0.3) is 5.56 Å². The SMILES string of the molecule is CCN1CCN(C(=O)Cn2c(=O)c3cnc(-c4ccccc4)nc3n(CC)c2=O)CC1. The van der Waals surface area contributed by atoms with Crippen molar-refractivity contribution >= 4 is 16.9 Å². The number of likely N-dealkylation sites (N-methyl/N-ethyl adjacent to an activating group) is 1. The summed E-state index contributed by atoms with van der Waals surface area (Å²) >= 11 is 0. The molecule has 0 saturated carbocycles. The lowest BCUT2D eigenvalue weighted by Gasteiger charge is -2.34. The van der Waals surface area contributed by atoms with Crippen molar-refractivity contribution in [2.75, 3.05) is 32.7 Å². The Kier molecular flexibility index (Phi) is 5.94. The number of amides is 1. The van der Waals surface area contributed by atoms with E-state index in [-0.39, 0.29) is 23.5 Å². The number of fused-ring (bicyclic) bond motifs is 1. The molecule has 0 unspecified atom stereocenters. The molecule has 9 nitrogen and oxygen atoms in total. The third-order valence-electron chi connectivity index (χ3n) is 5.78. The number of hydrogen-bond donors (Lipinski definition) is 0. The molecule has 0 aliphatic carbocycles. The molecule has 1 amide bonds. The number of carbonyl (C=O) groups excluding carboxylic acids is 1. The van der Waals surface area contributed by atoms with E-state index in [1.54, 1.807) is 4.90 Å². The molecule has 3 heterocycles. The van der Waals surface area contributed by atoms with Gasteiger partial charge in [0, 0.05) is 44.5 Å². The molecule has 0 spiro atoms. The van der Waals surface area contributed by atoms with Crippen LogP contribution in [0.15, 0.2) is 46.1 Å². The molecule has 1 aliphatic heterocycles. The second kappa shape index (κ2) is 8.81. The van der Waals surface area contributed by atoms with Crippen molar-refractivity contribution in [1.29, 1.82) is 0 Å². The van der Waals surface area contributed by atoms with E-state index in [1.807, 2.05) is 37.3 Å². The second-order valence-corrected chi connectivity index (χ2v) is 7.53. The number of hydrogen-bond acceptors (Lipinski definition) is 6. The van der Waals surface area contributed by atoms with Crippen LogP contribution in [0.3, 0.4) is 0 Å². The zero-order chi connectivity index (χ0) is 22.0. The minimum absolute atomic E-state index is 0.223. The zero-order valence-electron chi connectivity index (χ0n) is 17.8.